The highest BCUT2D eigenvalue weighted by Crippen LogP contribution is 2.35. The lowest BCUT2D eigenvalue weighted by Crippen LogP contribution is -2.38. The number of rotatable bonds is 2. The molecule has 0 aromatic heterocycles. The fourth-order valence-electron chi connectivity index (χ4n) is 2.20. The number of benzene rings is 2. The third-order valence-corrected chi connectivity index (χ3v) is 3.48. The Morgan fingerprint density at radius 3 is 2.85 bits per heavy atom. The van der Waals surface area contributed by atoms with Crippen LogP contribution in [0.2, 0.25) is 5.02 Å². The van der Waals surface area contributed by atoms with Gasteiger partial charge >= 0.3 is 0 Å². The second kappa shape index (κ2) is 5.06. The lowest BCUT2D eigenvalue weighted by molar-refractivity contribution is -0.121. The van der Waals surface area contributed by atoms with Crippen LogP contribution in [0.15, 0.2) is 42.5 Å². The third-order valence-electron chi connectivity index (χ3n) is 3.25. The molecule has 1 heterocycles. The molecule has 4 nitrogen and oxygen atoms in total. The van der Waals surface area contributed by atoms with Gasteiger partial charge in [-0.15, -0.1) is 0 Å². The van der Waals surface area contributed by atoms with Crippen molar-refractivity contribution in [3.05, 3.63) is 53.1 Å². The van der Waals surface area contributed by atoms with E-state index < -0.39 is 0 Å². The number of nitrogen functional groups attached to an aromatic ring is 1. The van der Waals surface area contributed by atoms with E-state index in [4.69, 9.17) is 22.1 Å². The second-order valence-corrected chi connectivity index (χ2v) is 5.02. The molecule has 0 spiro atoms. The highest BCUT2D eigenvalue weighted by Gasteiger charge is 2.26. The number of carbonyl (C=O) groups excluding carboxylic acids is 1. The molecule has 0 fully saturated rings. The molecule has 0 aliphatic carbocycles. The second-order valence-electron chi connectivity index (χ2n) is 4.58. The predicted molar refractivity (Wildman–Crippen MR) is 79.0 cm³/mol. The minimum absolute atomic E-state index is 0.0291. The maximum atomic E-state index is 12.1. The van der Waals surface area contributed by atoms with Crippen LogP contribution >= 0.6 is 11.6 Å². The largest absolute Gasteiger partial charge is 0.482 e. The van der Waals surface area contributed by atoms with Gasteiger partial charge in [0, 0.05) is 10.7 Å². The van der Waals surface area contributed by atoms with Gasteiger partial charge in [0.15, 0.2) is 6.61 Å². The summed E-state index contributed by atoms with van der Waals surface area (Å²) in [5.74, 6) is 0.548. The van der Waals surface area contributed by atoms with E-state index in [-0.39, 0.29) is 12.5 Å². The van der Waals surface area contributed by atoms with Crippen LogP contribution in [-0.2, 0) is 11.3 Å². The van der Waals surface area contributed by atoms with E-state index in [1.165, 1.54) is 0 Å². The molecule has 2 aromatic rings. The van der Waals surface area contributed by atoms with Crippen molar-refractivity contribution < 1.29 is 9.53 Å². The highest BCUT2D eigenvalue weighted by atomic mass is 35.5. The molecule has 0 saturated carbocycles. The van der Waals surface area contributed by atoms with Gasteiger partial charge in [0.1, 0.15) is 5.75 Å². The zero-order chi connectivity index (χ0) is 14.1. The maximum absolute atomic E-state index is 12.1. The summed E-state index contributed by atoms with van der Waals surface area (Å²) in [7, 11) is 0. The SMILES string of the molecule is Nc1ccccc1CN1C(=O)COc2ccc(Cl)cc21. The van der Waals surface area contributed by atoms with Crippen molar-refractivity contribution in [2.75, 3.05) is 17.2 Å². The van der Waals surface area contributed by atoms with Crippen LogP contribution in [0.3, 0.4) is 0 Å². The van der Waals surface area contributed by atoms with Crippen LogP contribution in [0.25, 0.3) is 0 Å². The van der Waals surface area contributed by atoms with Crippen LogP contribution in [0.1, 0.15) is 5.56 Å². The maximum Gasteiger partial charge on any atom is 0.265 e. The van der Waals surface area contributed by atoms with Crippen molar-refractivity contribution in [2.45, 2.75) is 6.54 Å². The lowest BCUT2D eigenvalue weighted by atomic mass is 10.1. The number of halogens is 1. The summed E-state index contributed by atoms with van der Waals surface area (Å²) in [5, 5.41) is 0.563. The van der Waals surface area contributed by atoms with Gasteiger partial charge in [-0.1, -0.05) is 29.8 Å². The van der Waals surface area contributed by atoms with Gasteiger partial charge in [0.05, 0.1) is 12.2 Å². The summed E-state index contributed by atoms with van der Waals surface area (Å²) in [6.45, 7) is 0.434. The van der Waals surface area contributed by atoms with Crippen molar-refractivity contribution in [1.29, 1.82) is 0 Å². The van der Waals surface area contributed by atoms with Crippen molar-refractivity contribution in [3.8, 4) is 5.75 Å². The van der Waals surface area contributed by atoms with Crippen molar-refractivity contribution in [2.24, 2.45) is 0 Å². The molecule has 3 rings (SSSR count). The normalized spacial score (nSPS) is 13.8. The van der Waals surface area contributed by atoms with Gasteiger partial charge in [-0.3, -0.25) is 4.79 Å². The first kappa shape index (κ1) is 12.8. The average Bonchev–Trinajstić information content (AvgIpc) is 2.44. The predicted octanol–water partition coefficient (Wildman–Crippen LogP) is 2.85. The number of nitrogens with zero attached hydrogens (tertiary/aromatic N) is 1. The number of nitrogens with two attached hydrogens (primary N) is 1. The van der Waals surface area contributed by atoms with Crippen molar-refractivity contribution >= 4 is 28.9 Å². The fourth-order valence-corrected chi connectivity index (χ4v) is 2.36. The molecule has 0 saturated heterocycles. The van der Waals surface area contributed by atoms with E-state index in [0.717, 1.165) is 5.56 Å². The van der Waals surface area contributed by atoms with Crippen molar-refractivity contribution in [3.63, 3.8) is 0 Å². The Labute approximate surface area is 121 Å². The molecule has 102 valence electrons. The third kappa shape index (κ3) is 2.30. The Bertz CT molecular complexity index is 673. The summed E-state index contributed by atoms with van der Waals surface area (Å²) in [6.07, 6.45) is 0. The molecule has 2 aromatic carbocycles. The molecule has 2 N–H and O–H groups in total. The Morgan fingerprint density at radius 2 is 2.05 bits per heavy atom. The number of hydrogen-bond donors (Lipinski definition) is 1. The summed E-state index contributed by atoms with van der Waals surface area (Å²) >= 11 is 6.01. The Kier molecular flexibility index (Phi) is 3.24. The first-order chi connectivity index (χ1) is 9.65. The van der Waals surface area contributed by atoms with Crippen LogP contribution in [0.5, 0.6) is 5.75 Å². The zero-order valence-electron chi connectivity index (χ0n) is 10.7. The summed E-state index contributed by atoms with van der Waals surface area (Å²) in [4.78, 5) is 13.8. The van der Waals surface area contributed by atoms with Gasteiger partial charge in [-0.25, -0.2) is 0 Å². The monoisotopic (exact) mass is 288 g/mol. The standard InChI is InChI=1S/C15H13ClN2O2/c16-11-5-6-14-13(7-11)18(15(19)9-20-14)8-10-3-1-2-4-12(10)17/h1-7H,8-9,17H2. The average molecular weight is 289 g/mol. The molecule has 1 aliphatic heterocycles. The highest BCUT2D eigenvalue weighted by molar-refractivity contribution is 6.31. The van der Waals surface area contributed by atoms with E-state index in [2.05, 4.69) is 0 Å². The fraction of sp³-hybridized carbons (Fsp3) is 0.133. The number of amides is 1. The van der Waals surface area contributed by atoms with Gasteiger partial charge in [0.25, 0.3) is 5.91 Å². The van der Waals surface area contributed by atoms with E-state index in [1.54, 1.807) is 23.1 Å². The molecule has 1 aliphatic rings. The smallest absolute Gasteiger partial charge is 0.265 e. The molecule has 0 atom stereocenters. The number of carbonyl (C=O) groups is 1. The summed E-state index contributed by atoms with van der Waals surface area (Å²) in [5.41, 5.74) is 8.17. The van der Waals surface area contributed by atoms with Crippen molar-refractivity contribution in [1.82, 2.24) is 0 Å². The lowest BCUT2D eigenvalue weighted by Gasteiger charge is -2.29. The molecular weight excluding hydrogens is 276 g/mol. The molecule has 0 radical (unpaired) electrons. The first-order valence-electron chi connectivity index (χ1n) is 6.21. The minimum Gasteiger partial charge on any atom is -0.482 e. The van der Waals surface area contributed by atoms with Gasteiger partial charge in [0.2, 0.25) is 0 Å². The van der Waals surface area contributed by atoms with Gasteiger partial charge in [-0.2, -0.15) is 0 Å². The van der Waals surface area contributed by atoms with Crippen LogP contribution in [-0.4, -0.2) is 12.5 Å². The Morgan fingerprint density at radius 1 is 1.25 bits per heavy atom. The molecule has 0 bridgehead atoms. The van der Waals surface area contributed by atoms with E-state index in [0.29, 0.717) is 28.7 Å². The van der Waals surface area contributed by atoms with Crippen LogP contribution < -0.4 is 15.4 Å². The molecule has 20 heavy (non-hydrogen) atoms. The Hall–Kier alpha value is -2.20. The molecule has 1 amide bonds. The molecule has 0 unspecified atom stereocenters. The van der Waals surface area contributed by atoms with Gasteiger partial charge in [-0.05, 0) is 29.8 Å². The van der Waals surface area contributed by atoms with E-state index >= 15 is 0 Å². The first-order valence-corrected chi connectivity index (χ1v) is 6.59. The number of anilines is 2. The number of hydrogen-bond acceptors (Lipinski definition) is 3. The van der Waals surface area contributed by atoms with E-state index in [9.17, 15) is 4.79 Å². The minimum atomic E-state index is -0.108. The van der Waals surface area contributed by atoms with Crippen LogP contribution in [0, 0.1) is 0 Å². The summed E-state index contributed by atoms with van der Waals surface area (Å²) < 4.78 is 5.41. The van der Waals surface area contributed by atoms with Gasteiger partial charge < -0.3 is 15.4 Å². The van der Waals surface area contributed by atoms with Crippen LogP contribution in [0.4, 0.5) is 11.4 Å². The van der Waals surface area contributed by atoms with E-state index in [1.807, 2.05) is 24.3 Å². The quantitative estimate of drug-likeness (QED) is 0.865. The molecule has 5 heteroatoms. The topological polar surface area (TPSA) is 55.6 Å². The number of para-hydroxylation sites is 1. The molecular formula is C15H13ClN2O2. The summed E-state index contributed by atoms with van der Waals surface area (Å²) in [6, 6.07) is 12.7. The zero-order valence-corrected chi connectivity index (χ0v) is 11.4. The number of ether oxygens (including phenoxy) is 1. The Balaban J connectivity index is 1.99. The number of fused-ring (bicyclic) bond motifs is 1.